The second-order valence-electron chi connectivity index (χ2n) is 6.53. The molecule has 0 aliphatic carbocycles. The van der Waals surface area contributed by atoms with Crippen LogP contribution in [0.25, 0.3) is 0 Å². The molecule has 0 bridgehead atoms. The van der Waals surface area contributed by atoms with Crippen LogP contribution >= 0.6 is 0 Å². The van der Waals surface area contributed by atoms with Gasteiger partial charge in [0, 0.05) is 18.6 Å². The average molecular weight is 320 g/mol. The molecule has 0 aliphatic rings. The third-order valence-corrected chi connectivity index (χ3v) is 3.03. The van der Waals surface area contributed by atoms with Crippen molar-refractivity contribution in [2.75, 3.05) is 19.8 Å². The van der Waals surface area contributed by atoms with E-state index in [0.717, 1.165) is 6.42 Å². The van der Waals surface area contributed by atoms with E-state index in [1.165, 1.54) is 5.56 Å². The smallest absolute Gasteiger partial charge is 0.239 e. The molecular weight excluding hydrogens is 292 g/mol. The molecule has 0 unspecified atom stereocenters. The predicted molar refractivity (Wildman–Crippen MR) is 91.1 cm³/mol. The molecule has 2 N–H and O–H groups in total. The Morgan fingerprint density at radius 2 is 1.74 bits per heavy atom. The number of benzene rings is 1. The van der Waals surface area contributed by atoms with Gasteiger partial charge in [-0.2, -0.15) is 0 Å². The van der Waals surface area contributed by atoms with Crippen molar-refractivity contribution < 1.29 is 14.3 Å². The zero-order chi connectivity index (χ0) is 17.1. The fourth-order valence-electron chi connectivity index (χ4n) is 2.00. The van der Waals surface area contributed by atoms with E-state index in [-0.39, 0.29) is 23.9 Å². The number of carbonyl (C=O) groups is 2. The zero-order valence-corrected chi connectivity index (χ0v) is 14.4. The van der Waals surface area contributed by atoms with Gasteiger partial charge in [-0.3, -0.25) is 9.59 Å². The molecule has 0 atom stereocenters. The van der Waals surface area contributed by atoms with Crippen LogP contribution in [0, 0.1) is 0 Å². The second-order valence-corrected chi connectivity index (χ2v) is 6.53. The maximum Gasteiger partial charge on any atom is 0.239 e. The summed E-state index contributed by atoms with van der Waals surface area (Å²) in [5.41, 5.74) is 0.962. The van der Waals surface area contributed by atoms with Gasteiger partial charge in [-0.1, -0.05) is 30.3 Å². The minimum absolute atomic E-state index is 0.0188. The quantitative estimate of drug-likeness (QED) is 0.684. The highest BCUT2D eigenvalue weighted by Gasteiger charge is 2.13. The topological polar surface area (TPSA) is 67.4 Å². The van der Waals surface area contributed by atoms with Gasteiger partial charge in [0.2, 0.25) is 11.8 Å². The Balaban J connectivity index is 2.01. The normalized spacial score (nSPS) is 11.1. The van der Waals surface area contributed by atoms with Gasteiger partial charge in [0.15, 0.2) is 0 Å². The summed E-state index contributed by atoms with van der Waals surface area (Å²) < 4.78 is 5.52. The van der Waals surface area contributed by atoms with Crippen molar-refractivity contribution in [3.8, 4) is 0 Å². The Bertz CT molecular complexity index is 481. The molecule has 0 radical (unpaired) electrons. The van der Waals surface area contributed by atoms with Crippen LogP contribution in [0.4, 0.5) is 0 Å². The van der Waals surface area contributed by atoms with E-state index >= 15 is 0 Å². The number of amides is 2. The summed E-state index contributed by atoms with van der Waals surface area (Å²) in [6, 6.07) is 10.1. The Morgan fingerprint density at radius 3 is 2.39 bits per heavy atom. The minimum Gasteiger partial charge on any atom is -0.381 e. The summed E-state index contributed by atoms with van der Waals surface area (Å²) in [5, 5.41) is 5.41. The molecule has 128 valence electrons. The van der Waals surface area contributed by atoms with Crippen LogP contribution in [-0.2, 0) is 20.7 Å². The molecule has 0 aliphatic heterocycles. The Hall–Kier alpha value is -1.88. The van der Waals surface area contributed by atoms with E-state index in [0.29, 0.717) is 26.1 Å². The minimum atomic E-state index is -0.283. The number of nitrogens with one attached hydrogen (secondary N) is 2. The maximum atomic E-state index is 11.6. The third-order valence-electron chi connectivity index (χ3n) is 3.03. The Labute approximate surface area is 138 Å². The molecule has 0 aromatic heterocycles. The summed E-state index contributed by atoms with van der Waals surface area (Å²) in [4.78, 5) is 23.2. The zero-order valence-electron chi connectivity index (χ0n) is 14.4. The van der Waals surface area contributed by atoms with Gasteiger partial charge in [-0.15, -0.1) is 0 Å². The number of hydrogen-bond acceptors (Lipinski definition) is 3. The monoisotopic (exact) mass is 320 g/mol. The van der Waals surface area contributed by atoms with Crippen LogP contribution in [0.3, 0.4) is 0 Å². The number of carbonyl (C=O) groups excluding carboxylic acids is 2. The highest BCUT2D eigenvalue weighted by Crippen LogP contribution is 2.00. The first-order valence-corrected chi connectivity index (χ1v) is 8.06. The standard InChI is InChI=1S/C18H28N2O3/c1-18(2,3)20-17(22)14-19-16(21)10-7-12-23-13-11-15-8-5-4-6-9-15/h4-6,8-9H,7,10-14H2,1-3H3,(H,19,21)(H,20,22). The highest BCUT2D eigenvalue weighted by atomic mass is 16.5. The highest BCUT2D eigenvalue weighted by molar-refractivity contribution is 5.84. The number of ether oxygens (including phenoxy) is 1. The lowest BCUT2D eigenvalue weighted by Crippen LogP contribution is -2.45. The van der Waals surface area contributed by atoms with E-state index in [4.69, 9.17) is 4.74 Å². The summed E-state index contributed by atoms with van der Waals surface area (Å²) in [7, 11) is 0. The molecule has 1 rings (SSSR count). The van der Waals surface area contributed by atoms with Gasteiger partial charge in [0.1, 0.15) is 0 Å². The van der Waals surface area contributed by atoms with Crippen LogP contribution in [0.2, 0.25) is 0 Å². The summed E-state index contributed by atoms with van der Waals surface area (Å²) in [6.45, 7) is 6.93. The fraction of sp³-hybridized carbons (Fsp3) is 0.556. The van der Waals surface area contributed by atoms with Crippen LogP contribution in [0.15, 0.2) is 30.3 Å². The van der Waals surface area contributed by atoms with E-state index < -0.39 is 0 Å². The Kier molecular flexibility index (Phi) is 8.33. The fourth-order valence-corrected chi connectivity index (χ4v) is 2.00. The Morgan fingerprint density at radius 1 is 1.04 bits per heavy atom. The summed E-state index contributed by atoms with van der Waals surface area (Å²) in [5.74, 6) is -0.300. The van der Waals surface area contributed by atoms with Gasteiger partial charge in [0.05, 0.1) is 13.2 Å². The van der Waals surface area contributed by atoms with Crippen molar-refractivity contribution >= 4 is 11.8 Å². The van der Waals surface area contributed by atoms with Gasteiger partial charge < -0.3 is 15.4 Å². The first kappa shape index (κ1) is 19.2. The lowest BCUT2D eigenvalue weighted by molar-refractivity contribution is -0.127. The van der Waals surface area contributed by atoms with Gasteiger partial charge in [0.25, 0.3) is 0 Å². The largest absolute Gasteiger partial charge is 0.381 e. The van der Waals surface area contributed by atoms with E-state index in [1.54, 1.807) is 0 Å². The maximum absolute atomic E-state index is 11.6. The molecular formula is C18H28N2O3. The molecule has 0 saturated carbocycles. The van der Waals surface area contributed by atoms with Crippen LogP contribution in [-0.4, -0.2) is 37.1 Å². The lowest BCUT2D eigenvalue weighted by atomic mass is 10.1. The summed E-state index contributed by atoms with van der Waals surface area (Å²) >= 11 is 0. The molecule has 0 fully saturated rings. The van der Waals surface area contributed by atoms with Crippen LogP contribution < -0.4 is 10.6 Å². The summed E-state index contributed by atoms with van der Waals surface area (Å²) in [6.07, 6.45) is 1.90. The van der Waals surface area contributed by atoms with Gasteiger partial charge in [-0.25, -0.2) is 0 Å². The second kappa shape index (κ2) is 10.0. The molecule has 0 spiro atoms. The third kappa shape index (κ3) is 10.5. The van der Waals surface area contributed by atoms with Crippen molar-refractivity contribution in [3.63, 3.8) is 0 Å². The molecule has 0 saturated heterocycles. The lowest BCUT2D eigenvalue weighted by Gasteiger charge is -2.20. The SMILES string of the molecule is CC(C)(C)NC(=O)CNC(=O)CCCOCCc1ccccc1. The van der Waals surface area contributed by atoms with Gasteiger partial charge in [-0.05, 0) is 39.2 Å². The molecule has 23 heavy (non-hydrogen) atoms. The van der Waals surface area contributed by atoms with Crippen molar-refractivity contribution in [2.24, 2.45) is 0 Å². The van der Waals surface area contributed by atoms with E-state index in [9.17, 15) is 9.59 Å². The van der Waals surface area contributed by atoms with Crippen molar-refractivity contribution in [1.82, 2.24) is 10.6 Å². The van der Waals surface area contributed by atoms with Crippen molar-refractivity contribution in [1.29, 1.82) is 0 Å². The molecule has 5 heteroatoms. The number of rotatable bonds is 9. The molecule has 5 nitrogen and oxygen atoms in total. The van der Waals surface area contributed by atoms with Crippen molar-refractivity contribution in [3.05, 3.63) is 35.9 Å². The molecule has 1 aromatic rings. The van der Waals surface area contributed by atoms with E-state index in [2.05, 4.69) is 22.8 Å². The van der Waals surface area contributed by atoms with Crippen LogP contribution in [0.5, 0.6) is 0 Å². The van der Waals surface area contributed by atoms with Gasteiger partial charge >= 0.3 is 0 Å². The first-order valence-electron chi connectivity index (χ1n) is 8.06. The van der Waals surface area contributed by atoms with E-state index in [1.807, 2.05) is 39.0 Å². The average Bonchev–Trinajstić information content (AvgIpc) is 2.48. The molecule has 2 amide bonds. The molecule has 0 heterocycles. The van der Waals surface area contributed by atoms with Crippen LogP contribution in [0.1, 0.15) is 39.2 Å². The van der Waals surface area contributed by atoms with Crippen molar-refractivity contribution in [2.45, 2.75) is 45.6 Å². The number of hydrogen-bond donors (Lipinski definition) is 2. The molecule has 1 aromatic carbocycles. The first-order chi connectivity index (χ1) is 10.9. The predicted octanol–water partition coefficient (Wildman–Crippen LogP) is 2.06.